The molecule has 2 aromatic rings. The summed E-state index contributed by atoms with van der Waals surface area (Å²) in [6.07, 6.45) is 4.64. The maximum Gasteiger partial charge on any atom is 0.284 e. The van der Waals surface area contributed by atoms with E-state index in [1.807, 2.05) is 0 Å². The first-order valence-electron chi connectivity index (χ1n) is 10.3. The van der Waals surface area contributed by atoms with Gasteiger partial charge in [-0.1, -0.05) is 32.6 Å². The minimum atomic E-state index is -0.884. The summed E-state index contributed by atoms with van der Waals surface area (Å²) in [5, 5.41) is 36.9. The molecule has 0 bridgehead atoms. The highest BCUT2D eigenvalue weighted by molar-refractivity contribution is 6.26. The van der Waals surface area contributed by atoms with Crippen molar-refractivity contribution in [3.05, 3.63) is 71.3 Å². The Kier molecular flexibility index (Phi) is 6.75. The zero-order valence-corrected chi connectivity index (χ0v) is 17.7. The van der Waals surface area contributed by atoms with E-state index in [9.17, 15) is 39.9 Å². The van der Waals surface area contributed by atoms with Crippen molar-refractivity contribution < 1.29 is 24.4 Å². The van der Waals surface area contributed by atoms with Gasteiger partial charge in [0.25, 0.3) is 23.0 Å². The van der Waals surface area contributed by atoms with Crippen LogP contribution < -0.4 is 5.32 Å². The number of non-ortho nitro benzene ring substituents is 2. The van der Waals surface area contributed by atoms with Gasteiger partial charge in [0, 0.05) is 41.4 Å². The zero-order valence-electron chi connectivity index (χ0n) is 17.7. The van der Waals surface area contributed by atoms with Crippen molar-refractivity contribution in [1.29, 1.82) is 0 Å². The minimum Gasteiger partial charge on any atom is -0.352 e. The fourth-order valence-corrected chi connectivity index (χ4v) is 3.83. The lowest BCUT2D eigenvalue weighted by Crippen LogP contribution is -2.25. The van der Waals surface area contributed by atoms with Gasteiger partial charge in [-0.3, -0.25) is 39.9 Å². The lowest BCUT2D eigenvalue weighted by Gasteiger charge is -2.10. The Bertz CT molecular complexity index is 1190. The summed E-state index contributed by atoms with van der Waals surface area (Å²) in [4.78, 5) is 57.6. The number of ketones is 1. The Hall–Kier alpha value is -4.22. The maximum atomic E-state index is 12.9. The van der Waals surface area contributed by atoms with Crippen LogP contribution in [0.4, 0.5) is 17.1 Å². The Labute approximate surface area is 187 Å². The van der Waals surface area contributed by atoms with Crippen molar-refractivity contribution in [2.24, 2.45) is 0 Å². The fraction of sp³-hybridized carbons (Fsp3) is 0.333. The number of unbranched alkanes of at least 4 members (excludes halogenated alkanes) is 4. The Morgan fingerprint density at radius 2 is 1.39 bits per heavy atom. The van der Waals surface area contributed by atoms with E-state index in [1.165, 1.54) is 0 Å². The van der Waals surface area contributed by atoms with E-state index in [0.29, 0.717) is 12.5 Å². The molecule has 12 nitrogen and oxygen atoms in total. The van der Waals surface area contributed by atoms with E-state index in [4.69, 9.17) is 0 Å². The van der Waals surface area contributed by atoms with Crippen LogP contribution >= 0.6 is 0 Å². The number of benzene rings is 2. The first kappa shape index (κ1) is 23.4. The summed E-state index contributed by atoms with van der Waals surface area (Å²) in [7, 11) is 0. The van der Waals surface area contributed by atoms with Gasteiger partial charge in [-0.2, -0.15) is 0 Å². The first-order chi connectivity index (χ1) is 15.7. The quantitative estimate of drug-likeness (QED) is 0.266. The Balaban J connectivity index is 2.11. The van der Waals surface area contributed by atoms with Crippen LogP contribution in [0.2, 0.25) is 0 Å². The van der Waals surface area contributed by atoms with E-state index < -0.39 is 43.5 Å². The van der Waals surface area contributed by atoms with Crippen LogP contribution in [-0.4, -0.2) is 33.0 Å². The lowest BCUT2D eigenvalue weighted by atomic mass is 9.96. The molecule has 0 radical (unpaired) electrons. The second-order valence-electron chi connectivity index (χ2n) is 7.57. The molecule has 12 heteroatoms. The minimum absolute atomic E-state index is 0.134. The molecular weight excluding hydrogens is 436 g/mol. The number of nitrogens with one attached hydrogen (secondary N) is 1. The van der Waals surface area contributed by atoms with Crippen LogP contribution in [0.3, 0.4) is 0 Å². The van der Waals surface area contributed by atoms with Crippen LogP contribution in [0.5, 0.6) is 0 Å². The van der Waals surface area contributed by atoms with Crippen molar-refractivity contribution >= 4 is 28.8 Å². The fourth-order valence-electron chi connectivity index (χ4n) is 3.83. The number of amides is 1. The third-order valence-corrected chi connectivity index (χ3v) is 5.39. The molecule has 0 spiro atoms. The molecule has 1 amide bonds. The summed E-state index contributed by atoms with van der Waals surface area (Å²) < 4.78 is 0. The predicted molar refractivity (Wildman–Crippen MR) is 116 cm³/mol. The van der Waals surface area contributed by atoms with Gasteiger partial charge in [0.2, 0.25) is 0 Å². The largest absolute Gasteiger partial charge is 0.352 e. The van der Waals surface area contributed by atoms with Gasteiger partial charge in [-0.15, -0.1) is 0 Å². The normalized spacial score (nSPS) is 11.6. The van der Waals surface area contributed by atoms with Gasteiger partial charge >= 0.3 is 0 Å². The molecule has 172 valence electrons. The molecule has 1 N–H and O–H groups in total. The molecule has 0 unspecified atom stereocenters. The molecular formula is C21H20N4O8. The molecule has 33 heavy (non-hydrogen) atoms. The molecule has 0 fully saturated rings. The summed E-state index contributed by atoms with van der Waals surface area (Å²) in [6, 6.07) is 3.47. The van der Waals surface area contributed by atoms with E-state index in [1.54, 1.807) is 0 Å². The van der Waals surface area contributed by atoms with E-state index in [0.717, 1.165) is 43.9 Å². The average Bonchev–Trinajstić information content (AvgIpc) is 3.06. The number of fused-ring (bicyclic) bond motifs is 3. The number of hydrogen-bond donors (Lipinski definition) is 1. The van der Waals surface area contributed by atoms with Crippen LogP contribution in [0.15, 0.2) is 24.3 Å². The van der Waals surface area contributed by atoms with Crippen molar-refractivity contribution in [2.75, 3.05) is 6.54 Å². The summed E-state index contributed by atoms with van der Waals surface area (Å²) in [5.74, 6) is -1.58. The van der Waals surface area contributed by atoms with Crippen molar-refractivity contribution in [1.82, 2.24) is 5.32 Å². The lowest BCUT2D eigenvalue weighted by molar-refractivity contribution is -0.393. The summed E-state index contributed by atoms with van der Waals surface area (Å²) in [5.41, 5.74) is -3.23. The number of carbonyl (C=O) groups is 2. The zero-order chi connectivity index (χ0) is 24.3. The third-order valence-electron chi connectivity index (χ3n) is 5.39. The second kappa shape index (κ2) is 9.51. The highest BCUT2D eigenvalue weighted by Gasteiger charge is 2.40. The average molecular weight is 456 g/mol. The molecule has 1 aliphatic rings. The van der Waals surface area contributed by atoms with E-state index in [2.05, 4.69) is 12.2 Å². The van der Waals surface area contributed by atoms with Crippen LogP contribution in [-0.2, 0) is 0 Å². The third kappa shape index (κ3) is 4.54. The smallest absolute Gasteiger partial charge is 0.284 e. The summed E-state index contributed by atoms with van der Waals surface area (Å²) >= 11 is 0. The highest BCUT2D eigenvalue weighted by Crippen LogP contribution is 2.47. The van der Waals surface area contributed by atoms with Crippen LogP contribution in [0, 0.1) is 30.3 Å². The van der Waals surface area contributed by atoms with E-state index in [-0.39, 0.29) is 34.4 Å². The topological polar surface area (TPSA) is 176 Å². The molecule has 0 saturated heterocycles. The maximum absolute atomic E-state index is 12.9. The Morgan fingerprint density at radius 3 is 1.97 bits per heavy atom. The molecule has 3 rings (SSSR count). The number of nitrogens with zero attached hydrogens (tertiary/aromatic N) is 3. The first-order valence-corrected chi connectivity index (χ1v) is 10.3. The molecule has 0 atom stereocenters. The molecule has 2 aromatic carbocycles. The van der Waals surface area contributed by atoms with Gasteiger partial charge in [0.05, 0.1) is 32.0 Å². The molecule has 0 aromatic heterocycles. The van der Waals surface area contributed by atoms with Crippen molar-refractivity contribution in [2.45, 2.75) is 39.0 Å². The molecule has 0 saturated carbocycles. The van der Waals surface area contributed by atoms with Gasteiger partial charge in [0.1, 0.15) is 0 Å². The second-order valence-corrected chi connectivity index (χ2v) is 7.57. The van der Waals surface area contributed by atoms with Gasteiger partial charge < -0.3 is 5.32 Å². The predicted octanol–water partition coefficient (Wildman–Crippen LogP) is 4.32. The van der Waals surface area contributed by atoms with E-state index >= 15 is 0 Å². The monoisotopic (exact) mass is 456 g/mol. The number of carbonyl (C=O) groups excluding carboxylic acids is 2. The van der Waals surface area contributed by atoms with Gasteiger partial charge in [-0.05, 0) is 6.42 Å². The SMILES string of the molecule is CCCCCCCNC(=O)c1cc([N+](=O)[O-])cc2c1-c1c(cc([N+](=O)[O-])cc1[N+](=O)[O-])C2=O. The summed E-state index contributed by atoms with van der Waals surface area (Å²) in [6.45, 7) is 2.35. The van der Waals surface area contributed by atoms with Crippen LogP contribution in [0.25, 0.3) is 11.1 Å². The van der Waals surface area contributed by atoms with Crippen LogP contribution in [0.1, 0.15) is 65.3 Å². The Morgan fingerprint density at radius 1 is 0.818 bits per heavy atom. The number of nitro benzene ring substituents is 3. The van der Waals surface area contributed by atoms with Crippen molar-refractivity contribution in [3.8, 4) is 11.1 Å². The van der Waals surface area contributed by atoms with Gasteiger partial charge in [0.15, 0.2) is 5.78 Å². The molecule has 0 aliphatic heterocycles. The number of hydrogen-bond acceptors (Lipinski definition) is 8. The highest BCUT2D eigenvalue weighted by atomic mass is 16.6. The van der Waals surface area contributed by atoms with Gasteiger partial charge in [-0.25, -0.2) is 0 Å². The number of rotatable bonds is 10. The number of nitro groups is 3. The molecule has 1 aliphatic carbocycles. The molecule has 0 heterocycles. The van der Waals surface area contributed by atoms with Crippen molar-refractivity contribution in [3.63, 3.8) is 0 Å². The standard InChI is InChI=1S/C21H20N4O8/c1-2-3-4-5-6-7-22-21(27)16-10-12(23(28)29)8-14-18(16)19-15(20(14)26)9-13(24(30)31)11-17(19)25(32)33/h8-11H,2-7H2,1H3,(H,22,27).